The van der Waals surface area contributed by atoms with E-state index in [-0.39, 0.29) is 49.2 Å². The summed E-state index contributed by atoms with van der Waals surface area (Å²) in [6.07, 6.45) is 6.16. The summed E-state index contributed by atoms with van der Waals surface area (Å²) in [6.45, 7) is 5.60. The Morgan fingerprint density at radius 2 is 1.89 bits per heavy atom. The molecule has 0 saturated heterocycles. The zero-order valence-electron chi connectivity index (χ0n) is 17.0. The number of hydrogen-bond acceptors (Lipinski definition) is 6. The number of aryl methyl sites for hydroxylation is 1. The van der Waals surface area contributed by atoms with Crippen LogP contribution in [0.2, 0.25) is 0 Å². The predicted molar refractivity (Wildman–Crippen MR) is 105 cm³/mol. The molecule has 0 bridgehead atoms. The molecule has 0 aliphatic carbocycles. The quantitative estimate of drug-likeness (QED) is 0.186. The van der Waals surface area contributed by atoms with Crippen molar-refractivity contribution >= 4 is 10.1 Å². The van der Waals surface area contributed by atoms with E-state index in [1.807, 2.05) is 24.3 Å². The van der Waals surface area contributed by atoms with Crippen molar-refractivity contribution in [2.45, 2.75) is 57.7 Å². The minimum atomic E-state index is -4.34. The van der Waals surface area contributed by atoms with Crippen LogP contribution in [0.5, 0.6) is 5.75 Å². The van der Waals surface area contributed by atoms with E-state index in [9.17, 15) is 18.1 Å². The summed E-state index contributed by atoms with van der Waals surface area (Å²) in [7, 11) is -4.34. The van der Waals surface area contributed by atoms with E-state index in [4.69, 9.17) is 9.47 Å². The number of rotatable bonds is 15. The topological polar surface area (TPSA) is 95.9 Å². The molecule has 2 atom stereocenters. The average Bonchev–Trinajstić information content (AvgIpc) is 2.63. The summed E-state index contributed by atoms with van der Waals surface area (Å²) in [6, 6.07) is 7.83. The Morgan fingerprint density at radius 3 is 2.46 bits per heavy atom. The molecular weight excluding hydrogens is 391 g/mol. The predicted octanol–water partition coefficient (Wildman–Crippen LogP) is 0.0596. The molecule has 0 aromatic heterocycles. The second kappa shape index (κ2) is 15.4. The SMILES string of the molecule is C=CC(O)CC(COc1ccc(CCCCCC)cc1)OCCS(=O)(=O)[O-].[Na+]. The smallest absolute Gasteiger partial charge is 0.748 e. The first-order valence-electron chi connectivity index (χ1n) is 9.41. The van der Waals surface area contributed by atoms with Gasteiger partial charge in [-0.25, -0.2) is 8.42 Å². The molecule has 0 fully saturated rings. The van der Waals surface area contributed by atoms with Crippen LogP contribution in [0.15, 0.2) is 36.9 Å². The van der Waals surface area contributed by atoms with Gasteiger partial charge in [0.25, 0.3) is 0 Å². The molecule has 0 saturated carbocycles. The van der Waals surface area contributed by atoms with Gasteiger partial charge in [0.1, 0.15) is 12.4 Å². The fraction of sp³-hybridized carbons (Fsp3) is 0.600. The van der Waals surface area contributed by atoms with E-state index in [1.54, 1.807) is 0 Å². The molecule has 0 radical (unpaired) electrons. The molecule has 0 aliphatic rings. The van der Waals surface area contributed by atoms with Gasteiger partial charge in [-0.15, -0.1) is 6.58 Å². The van der Waals surface area contributed by atoms with Crippen LogP contribution in [0.1, 0.15) is 44.6 Å². The maximum absolute atomic E-state index is 10.7. The van der Waals surface area contributed by atoms with Crippen molar-refractivity contribution in [3.63, 3.8) is 0 Å². The largest absolute Gasteiger partial charge is 1.00 e. The van der Waals surface area contributed by atoms with E-state index < -0.39 is 28.1 Å². The van der Waals surface area contributed by atoms with Crippen LogP contribution in [-0.2, 0) is 21.3 Å². The van der Waals surface area contributed by atoms with Gasteiger partial charge in [-0.1, -0.05) is 44.4 Å². The summed E-state index contributed by atoms with van der Waals surface area (Å²) < 4.78 is 43.1. The van der Waals surface area contributed by atoms with Crippen molar-refractivity contribution in [3.8, 4) is 5.75 Å². The second-order valence-electron chi connectivity index (χ2n) is 6.56. The standard InChI is InChI=1S/C20H32O6S.Na/c1-3-5-6-7-8-17-9-11-19(12-10-17)26-16-20(15-18(21)4-2)25-13-14-27(22,23)24;/h4,9-12,18,20-21H,2-3,5-8,13-16H2,1H3,(H,22,23,24);/q;+1/p-1. The summed E-state index contributed by atoms with van der Waals surface area (Å²) in [4.78, 5) is 0. The number of aliphatic hydroxyl groups excluding tert-OH is 1. The maximum Gasteiger partial charge on any atom is 1.00 e. The summed E-state index contributed by atoms with van der Waals surface area (Å²) in [5.41, 5.74) is 1.26. The van der Waals surface area contributed by atoms with Crippen molar-refractivity contribution in [3.05, 3.63) is 42.5 Å². The molecule has 0 spiro atoms. The molecule has 28 heavy (non-hydrogen) atoms. The van der Waals surface area contributed by atoms with E-state index in [0.717, 1.165) is 6.42 Å². The van der Waals surface area contributed by atoms with E-state index >= 15 is 0 Å². The van der Waals surface area contributed by atoms with Gasteiger partial charge in [0.2, 0.25) is 0 Å². The molecule has 1 aromatic carbocycles. The second-order valence-corrected chi connectivity index (χ2v) is 8.08. The number of aliphatic hydroxyl groups is 1. The molecule has 2 unspecified atom stereocenters. The van der Waals surface area contributed by atoms with Crippen molar-refractivity contribution < 1.29 is 57.1 Å². The van der Waals surface area contributed by atoms with Crippen LogP contribution in [0.3, 0.4) is 0 Å². The summed E-state index contributed by atoms with van der Waals surface area (Å²) in [5, 5.41) is 9.71. The molecule has 1 rings (SSSR count). The van der Waals surface area contributed by atoms with E-state index in [1.165, 1.54) is 37.3 Å². The van der Waals surface area contributed by atoms with Crippen molar-refractivity contribution in [1.29, 1.82) is 0 Å². The molecule has 154 valence electrons. The third-order valence-electron chi connectivity index (χ3n) is 4.14. The number of hydrogen-bond donors (Lipinski definition) is 1. The van der Waals surface area contributed by atoms with Gasteiger partial charge in [0, 0.05) is 6.42 Å². The number of unbranched alkanes of at least 4 members (excludes halogenated alkanes) is 3. The van der Waals surface area contributed by atoms with Gasteiger partial charge < -0.3 is 19.1 Å². The molecule has 8 heteroatoms. The molecule has 1 aromatic rings. The van der Waals surface area contributed by atoms with Gasteiger partial charge in [-0.3, -0.25) is 0 Å². The minimum Gasteiger partial charge on any atom is -0.748 e. The Labute approximate surface area is 191 Å². The number of benzene rings is 1. The number of ether oxygens (including phenoxy) is 2. The molecule has 1 N–H and O–H groups in total. The van der Waals surface area contributed by atoms with Crippen LogP contribution in [0.25, 0.3) is 0 Å². The first kappa shape index (κ1) is 27.6. The first-order valence-corrected chi connectivity index (χ1v) is 11.0. The van der Waals surface area contributed by atoms with Crippen LogP contribution in [0.4, 0.5) is 0 Å². The van der Waals surface area contributed by atoms with Gasteiger partial charge in [-0.2, -0.15) is 0 Å². The van der Waals surface area contributed by atoms with Gasteiger partial charge in [0.05, 0.1) is 34.7 Å². The Kier molecular flexibility index (Phi) is 15.2. The van der Waals surface area contributed by atoms with Crippen LogP contribution < -0.4 is 34.3 Å². The normalized spacial score (nSPS) is 13.4. The summed E-state index contributed by atoms with van der Waals surface area (Å²) in [5.74, 6) is 0.0610. The van der Waals surface area contributed by atoms with E-state index in [0.29, 0.717) is 5.75 Å². The Balaban J connectivity index is 0.00000729. The molecule has 6 nitrogen and oxygen atoms in total. The maximum atomic E-state index is 10.7. The third-order valence-corrected chi connectivity index (χ3v) is 4.81. The zero-order chi connectivity index (χ0) is 20.1. The van der Waals surface area contributed by atoms with Crippen molar-refractivity contribution in [1.82, 2.24) is 0 Å². The Bertz CT molecular complexity index is 633. The van der Waals surface area contributed by atoms with E-state index in [2.05, 4.69) is 13.5 Å². The monoisotopic (exact) mass is 422 g/mol. The van der Waals surface area contributed by atoms with Crippen LogP contribution in [-0.4, -0.2) is 49.3 Å². The molecule has 0 amide bonds. The zero-order valence-corrected chi connectivity index (χ0v) is 19.8. The van der Waals surface area contributed by atoms with Gasteiger partial charge in [-0.05, 0) is 30.5 Å². The van der Waals surface area contributed by atoms with Crippen molar-refractivity contribution in [2.24, 2.45) is 0 Å². The average molecular weight is 423 g/mol. The fourth-order valence-electron chi connectivity index (χ4n) is 2.56. The molecular formula is C20H31NaO6S. The Morgan fingerprint density at radius 1 is 1.21 bits per heavy atom. The van der Waals surface area contributed by atoms with Crippen LogP contribution >= 0.6 is 0 Å². The third kappa shape index (κ3) is 13.7. The van der Waals surface area contributed by atoms with Crippen LogP contribution in [0, 0.1) is 0 Å². The summed E-state index contributed by atoms with van der Waals surface area (Å²) >= 11 is 0. The fourth-order valence-corrected chi connectivity index (χ4v) is 2.86. The molecule has 0 heterocycles. The Hall–Kier alpha value is -0.410. The minimum absolute atomic E-state index is 0. The van der Waals surface area contributed by atoms with Crippen molar-refractivity contribution in [2.75, 3.05) is 19.0 Å². The van der Waals surface area contributed by atoms with Gasteiger partial charge in [0.15, 0.2) is 0 Å². The molecule has 0 aliphatic heterocycles. The van der Waals surface area contributed by atoms with Gasteiger partial charge >= 0.3 is 29.6 Å². The first-order chi connectivity index (χ1) is 12.8.